The van der Waals surface area contributed by atoms with Gasteiger partial charge < -0.3 is 10.2 Å². The Morgan fingerprint density at radius 3 is 2.52 bits per heavy atom. The van der Waals surface area contributed by atoms with E-state index < -0.39 is 0 Å². The molecule has 2 heterocycles. The number of nitro benzene ring substituents is 1. The first-order valence-electron chi connectivity index (χ1n) is 9.91. The summed E-state index contributed by atoms with van der Waals surface area (Å²) in [6.45, 7) is 5.45. The first-order valence-corrected chi connectivity index (χ1v) is 10.7. The number of nitrogens with zero attached hydrogens (tertiary/aromatic N) is 5. The monoisotopic (exact) mass is 438 g/mol. The van der Waals surface area contributed by atoms with Gasteiger partial charge in [-0.1, -0.05) is 41.2 Å². The molecule has 3 aromatic rings. The minimum atomic E-state index is -0.341. The van der Waals surface area contributed by atoms with E-state index in [2.05, 4.69) is 20.4 Å². The van der Waals surface area contributed by atoms with Gasteiger partial charge in [0.2, 0.25) is 5.01 Å². The van der Waals surface area contributed by atoms with E-state index >= 15 is 0 Å². The molecule has 1 fully saturated rings. The zero-order valence-corrected chi connectivity index (χ0v) is 17.8. The Morgan fingerprint density at radius 2 is 1.81 bits per heavy atom. The summed E-state index contributed by atoms with van der Waals surface area (Å²) in [7, 11) is 0. The van der Waals surface area contributed by atoms with Crippen molar-refractivity contribution < 1.29 is 9.72 Å². The number of nitro groups is 1. The lowest BCUT2D eigenvalue weighted by Crippen LogP contribution is -2.46. The third kappa shape index (κ3) is 5.04. The fourth-order valence-corrected chi connectivity index (χ4v) is 4.23. The molecule has 2 aromatic carbocycles. The number of amides is 1. The SMILES string of the molecule is Cc1ccc(NC(=O)c2nnc(CN3CCN(c4ccccc4[N+](=O)[O-])CC3)s2)cc1. The average Bonchev–Trinajstić information content (AvgIpc) is 3.24. The molecule has 0 unspecified atom stereocenters. The first kappa shape index (κ1) is 20.9. The number of aromatic nitrogens is 2. The highest BCUT2D eigenvalue weighted by Gasteiger charge is 2.24. The normalized spacial score (nSPS) is 14.4. The minimum absolute atomic E-state index is 0.129. The van der Waals surface area contributed by atoms with Gasteiger partial charge in [0, 0.05) is 37.9 Å². The van der Waals surface area contributed by atoms with Crippen molar-refractivity contribution in [2.24, 2.45) is 0 Å². The topological polar surface area (TPSA) is 104 Å². The number of hydrogen-bond donors (Lipinski definition) is 1. The summed E-state index contributed by atoms with van der Waals surface area (Å²) in [4.78, 5) is 27.6. The largest absolute Gasteiger partial charge is 0.363 e. The molecule has 9 nitrogen and oxygen atoms in total. The number of piperazine rings is 1. The molecule has 160 valence electrons. The number of rotatable bonds is 6. The third-order valence-corrected chi connectivity index (χ3v) is 6.03. The molecule has 1 aliphatic rings. The zero-order chi connectivity index (χ0) is 21.8. The van der Waals surface area contributed by atoms with Gasteiger partial charge in [-0.25, -0.2) is 0 Å². The van der Waals surface area contributed by atoms with Crippen molar-refractivity contribution in [3.8, 4) is 0 Å². The van der Waals surface area contributed by atoms with E-state index in [9.17, 15) is 14.9 Å². The lowest BCUT2D eigenvalue weighted by molar-refractivity contribution is -0.384. The second kappa shape index (κ2) is 9.19. The quantitative estimate of drug-likeness (QED) is 0.465. The van der Waals surface area contributed by atoms with Crippen molar-refractivity contribution in [2.75, 3.05) is 36.4 Å². The van der Waals surface area contributed by atoms with Crippen molar-refractivity contribution in [1.29, 1.82) is 0 Å². The Hall–Kier alpha value is -3.37. The Morgan fingerprint density at radius 1 is 1.10 bits per heavy atom. The molecular formula is C21H22N6O3S. The summed E-state index contributed by atoms with van der Waals surface area (Å²) in [6.07, 6.45) is 0. The van der Waals surface area contributed by atoms with Crippen LogP contribution < -0.4 is 10.2 Å². The van der Waals surface area contributed by atoms with Crippen LogP contribution in [0.15, 0.2) is 48.5 Å². The zero-order valence-electron chi connectivity index (χ0n) is 17.0. The number of para-hydroxylation sites is 2. The predicted molar refractivity (Wildman–Crippen MR) is 120 cm³/mol. The summed E-state index contributed by atoms with van der Waals surface area (Å²) in [6, 6.07) is 14.4. The molecule has 1 amide bonds. The van der Waals surface area contributed by atoms with Crippen molar-refractivity contribution in [1.82, 2.24) is 15.1 Å². The first-order chi connectivity index (χ1) is 15.0. The van der Waals surface area contributed by atoms with Crippen LogP contribution in [0.1, 0.15) is 20.4 Å². The van der Waals surface area contributed by atoms with Crippen molar-refractivity contribution in [2.45, 2.75) is 13.5 Å². The third-order valence-electron chi connectivity index (χ3n) is 5.12. The number of nitrogens with one attached hydrogen (secondary N) is 1. The highest BCUT2D eigenvalue weighted by molar-refractivity contribution is 7.13. The molecule has 1 saturated heterocycles. The number of carbonyl (C=O) groups is 1. The molecule has 0 radical (unpaired) electrons. The Labute approximate surface area is 183 Å². The Kier molecular flexibility index (Phi) is 6.19. The van der Waals surface area contributed by atoms with Gasteiger partial charge in [-0.3, -0.25) is 19.8 Å². The molecule has 0 spiro atoms. The van der Waals surface area contributed by atoms with Crippen LogP contribution in [-0.4, -0.2) is 52.1 Å². The molecule has 0 atom stereocenters. The van der Waals surface area contributed by atoms with Crippen molar-refractivity contribution in [3.63, 3.8) is 0 Å². The van der Waals surface area contributed by atoms with Gasteiger partial charge in [0.05, 0.1) is 11.5 Å². The van der Waals surface area contributed by atoms with Gasteiger partial charge in [0.1, 0.15) is 10.7 Å². The van der Waals surface area contributed by atoms with Gasteiger partial charge in [0.25, 0.3) is 11.6 Å². The van der Waals surface area contributed by atoms with Gasteiger partial charge in [-0.05, 0) is 25.1 Å². The smallest absolute Gasteiger partial charge is 0.292 e. The summed E-state index contributed by atoms with van der Waals surface area (Å²) in [5, 5.41) is 23.4. The number of hydrogen-bond acceptors (Lipinski definition) is 8. The number of anilines is 2. The standard InChI is InChI=1S/C21H22N6O3S/c1-15-6-8-16(9-7-15)22-20(28)21-24-23-19(31-21)14-25-10-12-26(13-11-25)17-4-2-3-5-18(17)27(29)30/h2-9H,10-14H2,1H3,(H,22,28). The van der Waals surface area contributed by atoms with Crippen LogP contribution in [0.4, 0.5) is 17.1 Å². The fraction of sp³-hybridized carbons (Fsp3) is 0.286. The van der Waals surface area contributed by atoms with E-state index in [1.54, 1.807) is 12.1 Å². The molecule has 1 N–H and O–H groups in total. The Balaban J connectivity index is 1.32. The molecule has 1 aliphatic heterocycles. The minimum Gasteiger partial charge on any atom is -0.363 e. The van der Waals surface area contributed by atoms with E-state index in [1.165, 1.54) is 17.4 Å². The van der Waals surface area contributed by atoms with Crippen LogP contribution >= 0.6 is 11.3 Å². The number of benzene rings is 2. The van der Waals surface area contributed by atoms with Gasteiger partial charge >= 0.3 is 0 Å². The molecule has 0 saturated carbocycles. The van der Waals surface area contributed by atoms with Crippen LogP contribution in [0, 0.1) is 17.0 Å². The molecule has 31 heavy (non-hydrogen) atoms. The van der Waals surface area contributed by atoms with E-state index in [0.717, 1.165) is 29.3 Å². The lowest BCUT2D eigenvalue weighted by Gasteiger charge is -2.35. The van der Waals surface area contributed by atoms with Crippen LogP contribution in [0.25, 0.3) is 0 Å². The van der Waals surface area contributed by atoms with Gasteiger partial charge in [-0.15, -0.1) is 10.2 Å². The molecule has 4 rings (SSSR count). The fourth-order valence-electron chi connectivity index (χ4n) is 3.45. The maximum atomic E-state index is 12.4. The molecule has 10 heteroatoms. The van der Waals surface area contributed by atoms with Gasteiger partial charge in [0.15, 0.2) is 0 Å². The predicted octanol–water partition coefficient (Wildman–Crippen LogP) is 3.33. The summed E-state index contributed by atoms with van der Waals surface area (Å²) in [5.41, 5.74) is 2.62. The Bertz CT molecular complexity index is 1080. The van der Waals surface area contributed by atoms with Crippen molar-refractivity contribution >= 4 is 34.3 Å². The second-order valence-corrected chi connectivity index (χ2v) is 8.39. The van der Waals surface area contributed by atoms with E-state index in [0.29, 0.717) is 30.3 Å². The van der Waals surface area contributed by atoms with Crippen LogP contribution in [-0.2, 0) is 6.54 Å². The van der Waals surface area contributed by atoms with Gasteiger partial charge in [-0.2, -0.15) is 0 Å². The van der Waals surface area contributed by atoms with Crippen LogP contribution in [0.2, 0.25) is 0 Å². The van der Waals surface area contributed by atoms with E-state index in [1.807, 2.05) is 42.2 Å². The number of aryl methyl sites for hydroxylation is 1. The second-order valence-electron chi connectivity index (χ2n) is 7.33. The molecular weight excluding hydrogens is 416 g/mol. The summed E-state index contributed by atoms with van der Waals surface area (Å²) < 4.78 is 0. The molecule has 0 aliphatic carbocycles. The van der Waals surface area contributed by atoms with E-state index in [4.69, 9.17) is 0 Å². The van der Waals surface area contributed by atoms with Crippen LogP contribution in [0.5, 0.6) is 0 Å². The average molecular weight is 439 g/mol. The lowest BCUT2D eigenvalue weighted by atomic mass is 10.2. The van der Waals surface area contributed by atoms with Crippen LogP contribution in [0.3, 0.4) is 0 Å². The summed E-state index contributed by atoms with van der Waals surface area (Å²) in [5.74, 6) is -0.270. The molecule has 1 aromatic heterocycles. The van der Waals surface area contributed by atoms with Crippen molar-refractivity contribution in [3.05, 3.63) is 74.2 Å². The number of carbonyl (C=O) groups excluding carboxylic acids is 1. The maximum absolute atomic E-state index is 12.4. The summed E-state index contributed by atoms with van der Waals surface area (Å²) >= 11 is 1.28. The highest BCUT2D eigenvalue weighted by Crippen LogP contribution is 2.28. The highest BCUT2D eigenvalue weighted by atomic mass is 32.1. The maximum Gasteiger partial charge on any atom is 0.292 e. The molecule has 0 bridgehead atoms. The van der Waals surface area contributed by atoms with E-state index in [-0.39, 0.29) is 16.5 Å².